The Kier molecular flexibility index (Phi) is 9.88. The van der Waals surface area contributed by atoms with Gasteiger partial charge in [0.2, 0.25) is 0 Å². The standard InChI is InChI=1S/C15H23N3OS.C8H10O/c1-11(18-15(19)17-8-7-16-2)9-12-10-20-14-6-4-3-5-13(12)14;1-2-7-3-5-8(9)6-4-7/h3-6,10-11,13-14,16H,7-9H2,1-2H3,(H2,17,18,19);3-6,9H,2H2,1H3/t11-,13?,14?;/m1./s1. The number of allylic oxidation sites excluding steroid dienone is 3. The highest BCUT2D eigenvalue weighted by Gasteiger charge is 2.28. The second-order valence-electron chi connectivity index (χ2n) is 7.22. The van der Waals surface area contributed by atoms with E-state index in [2.05, 4.69) is 59.5 Å². The minimum atomic E-state index is -0.0883. The average Bonchev–Trinajstić information content (AvgIpc) is 3.12. The van der Waals surface area contributed by atoms with E-state index < -0.39 is 0 Å². The number of aromatic hydroxyl groups is 1. The van der Waals surface area contributed by atoms with Gasteiger partial charge in [-0.1, -0.05) is 48.9 Å². The summed E-state index contributed by atoms with van der Waals surface area (Å²) in [5, 5.41) is 20.5. The quantitative estimate of drug-likeness (QED) is 0.508. The van der Waals surface area contributed by atoms with Crippen molar-refractivity contribution in [2.24, 2.45) is 5.92 Å². The summed E-state index contributed by atoms with van der Waals surface area (Å²) in [7, 11) is 1.87. The number of carbonyl (C=O) groups is 1. The fraction of sp³-hybridized carbons (Fsp3) is 0.435. The van der Waals surface area contributed by atoms with E-state index in [0.717, 1.165) is 19.4 Å². The lowest BCUT2D eigenvalue weighted by Crippen LogP contribution is -2.43. The Bertz CT molecular complexity index is 728. The van der Waals surface area contributed by atoms with Crippen molar-refractivity contribution in [1.82, 2.24) is 16.0 Å². The van der Waals surface area contributed by atoms with Gasteiger partial charge in [-0.05, 0) is 49.9 Å². The first kappa shape index (κ1) is 23.1. The van der Waals surface area contributed by atoms with Gasteiger partial charge < -0.3 is 21.1 Å². The molecule has 2 aliphatic rings. The molecule has 3 rings (SSSR count). The van der Waals surface area contributed by atoms with E-state index in [1.165, 1.54) is 11.1 Å². The van der Waals surface area contributed by atoms with Crippen molar-refractivity contribution in [1.29, 1.82) is 0 Å². The van der Waals surface area contributed by atoms with E-state index >= 15 is 0 Å². The van der Waals surface area contributed by atoms with Crippen LogP contribution in [0, 0.1) is 5.92 Å². The summed E-state index contributed by atoms with van der Waals surface area (Å²) in [5.41, 5.74) is 2.68. The normalized spacial score (nSPS) is 20.2. The number of carbonyl (C=O) groups excluding carboxylic acids is 1. The Morgan fingerprint density at radius 1 is 1.17 bits per heavy atom. The van der Waals surface area contributed by atoms with Crippen LogP contribution < -0.4 is 16.0 Å². The maximum Gasteiger partial charge on any atom is 0.315 e. The van der Waals surface area contributed by atoms with Crippen LogP contribution in [0.3, 0.4) is 0 Å². The number of amides is 2. The number of phenolic OH excluding ortho intramolecular Hbond substituents is 1. The predicted molar refractivity (Wildman–Crippen MR) is 123 cm³/mol. The van der Waals surface area contributed by atoms with Crippen LogP contribution in [0.1, 0.15) is 25.8 Å². The third-order valence-corrected chi connectivity index (χ3v) is 6.02. The van der Waals surface area contributed by atoms with E-state index in [1.807, 2.05) is 30.9 Å². The fourth-order valence-corrected chi connectivity index (χ4v) is 4.39. The molecule has 3 atom stereocenters. The van der Waals surface area contributed by atoms with Crippen molar-refractivity contribution >= 4 is 17.8 Å². The molecule has 1 aromatic rings. The number of rotatable bonds is 7. The van der Waals surface area contributed by atoms with Gasteiger partial charge >= 0.3 is 6.03 Å². The average molecular weight is 416 g/mol. The summed E-state index contributed by atoms with van der Waals surface area (Å²) in [6, 6.07) is 7.33. The number of likely N-dealkylation sites (N-methyl/N-ethyl adjacent to an activating group) is 1. The molecule has 5 nitrogen and oxygen atoms in total. The summed E-state index contributed by atoms with van der Waals surface area (Å²) in [6.07, 6.45) is 10.7. The maximum atomic E-state index is 11.7. The van der Waals surface area contributed by atoms with Gasteiger partial charge in [0.1, 0.15) is 5.75 Å². The zero-order valence-corrected chi connectivity index (χ0v) is 18.3. The first-order chi connectivity index (χ1) is 14.0. The zero-order valence-electron chi connectivity index (χ0n) is 17.5. The molecule has 0 aromatic heterocycles. The molecule has 29 heavy (non-hydrogen) atoms. The Balaban J connectivity index is 0.000000278. The van der Waals surface area contributed by atoms with Crippen LogP contribution in [-0.4, -0.2) is 42.6 Å². The summed E-state index contributed by atoms with van der Waals surface area (Å²) >= 11 is 1.88. The third kappa shape index (κ3) is 7.99. The first-order valence-corrected chi connectivity index (χ1v) is 11.1. The van der Waals surface area contributed by atoms with Crippen molar-refractivity contribution in [2.75, 3.05) is 20.1 Å². The molecule has 0 saturated heterocycles. The molecule has 1 aliphatic heterocycles. The van der Waals surface area contributed by atoms with Crippen LogP contribution in [0.15, 0.2) is 59.6 Å². The lowest BCUT2D eigenvalue weighted by atomic mass is 9.89. The summed E-state index contributed by atoms with van der Waals surface area (Å²) in [5.74, 6) is 0.841. The Morgan fingerprint density at radius 3 is 2.59 bits per heavy atom. The van der Waals surface area contributed by atoms with Crippen molar-refractivity contribution in [3.05, 3.63) is 65.1 Å². The van der Waals surface area contributed by atoms with Crippen LogP contribution in [0.25, 0.3) is 0 Å². The lowest BCUT2D eigenvalue weighted by molar-refractivity contribution is 0.237. The van der Waals surface area contributed by atoms with Gasteiger partial charge in [0.25, 0.3) is 0 Å². The third-order valence-electron chi connectivity index (χ3n) is 4.81. The van der Waals surface area contributed by atoms with Crippen LogP contribution in [0.4, 0.5) is 4.79 Å². The second kappa shape index (κ2) is 12.4. The monoisotopic (exact) mass is 415 g/mol. The number of fused-ring (bicyclic) bond motifs is 1. The Hall–Kier alpha value is -2.18. The molecule has 0 fully saturated rings. The summed E-state index contributed by atoms with van der Waals surface area (Å²) < 4.78 is 0. The smallest absolute Gasteiger partial charge is 0.315 e. The maximum absolute atomic E-state index is 11.7. The van der Waals surface area contributed by atoms with Crippen LogP contribution in [0.5, 0.6) is 5.75 Å². The van der Waals surface area contributed by atoms with Gasteiger partial charge in [0.05, 0.1) is 0 Å². The number of hydrogen-bond donors (Lipinski definition) is 4. The number of phenols is 1. The molecule has 2 unspecified atom stereocenters. The van der Waals surface area contributed by atoms with Gasteiger partial charge in [-0.15, -0.1) is 11.8 Å². The van der Waals surface area contributed by atoms with Gasteiger partial charge in [-0.3, -0.25) is 0 Å². The van der Waals surface area contributed by atoms with Crippen LogP contribution in [0.2, 0.25) is 0 Å². The number of thioether (sulfide) groups is 1. The molecule has 6 heteroatoms. The van der Waals surface area contributed by atoms with E-state index in [0.29, 0.717) is 23.5 Å². The van der Waals surface area contributed by atoms with Gasteiger partial charge in [0.15, 0.2) is 0 Å². The number of hydrogen-bond acceptors (Lipinski definition) is 4. The van der Waals surface area contributed by atoms with Crippen molar-refractivity contribution < 1.29 is 9.90 Å². The highest BCUT2D eigenvalue weighted by molar-refractivity contribution is 8.03. The van der Waals surface area contributed by atoms with Crippen LogP contribution >= 0.6 is 11.8 Å². The topological polar surface area (TPSA) is 73.4 Å². The largest absolute Gasteiger partial charge is 0.508 e. The van der Waals surface area contributed by atoms with E-state index in [9.17, 15) is 4.79 Å². The summed E-state index contributed by atoms with van der Waals surface area (Å²) in [6.45, 7) is 5.57. The van der Waals surface area contributed by atoms with Gasteiger partial charge in [-0.2, -0.15) is 0 Å². The molecule has 0 spiro atoms. The summed E-state index contributed by atoms with van der Waals surface area (Å²) in [4.78, 5) is 11.7. The SMILES string of the molecule is CCc1ccc(O)cc1.CNCCNC(=O)N[C@H](C)CC1=CSC2C=CC=CC12. The predicted octanol–water partition coefficient (Wildman–Crippen LogP) is 3.98. The first-order valence-electron chi connectivity index (χ1n) is 10.2. The van der Waals surface area contributed by atoms with Crippen molar-refractivity contribution in [2.45, 2.75) is 38.0 Å². The lowest BCUT2D eigenvalue weighted by Gasteiger charge is -2.21. The number of urea groups is 1. The van der Waals surface area contributed by atoms with Gasteiger partial charge in [-0.25, -0.2) is 4.79 Å². The molecule has 1 aromatic carbocycles. The molecule has 1 heterocycles. The molecular formula is C23H33N3O2S. The van der Waals surface area contributed by atoms with E-state index in [4.69, 9.17) is 5.11 Å². The fourth-order valence-electron chi connectivity index (χ4n) is 3.19. The van der Waals surface area contributed by atoms with Gasteiger partial charge in [0, 0.05) is 30.3 Å². The van der Waals surface area contributed by atoms with Crippen molar-refractivity contribution in [3.63, 3.8) is 0 Å². The Labute approximate surface area is 178 Å². The minimum absolute atomic E-state index is 0.0883. The Morgan fingerprint density at radius 2 is 1.90 bits per heavy atom. The molecule has 0 radical (unpaired) electrons. The number of nitrogens with one attached hydrogen (secondary N) is 3. The molecule has 0 bridgehead atoms. The van der Waals surface area contributed by atoms with Crippen molar-refractivity contribution in [3.8, 4) is 5.75 Å². The molecule has 1 aliphatic carbocycles. The highest BCUT2D eigenvalue weighted by atomic mass is 32.2. The zero-order chi connectivity index (χ0) is 21.1. The molecular weight excluding hydrogens is 382 g/mol. The van der Waals surface area contributed by atoms with E-state index in [1.54, 1.807) is 12.1 Å². The second-order valence-corrected chi connectivity index (χ2v) is 8.27. The number of benzene rings is 1. The minimum Gasteiger partial charge on any atom is -0.508 e. The molecule has 2 amide bonds. The molecule has 4 N–H and O–H groups in total. The molecule has 0 saturated carbocycles. The molecule has 158 valence electrons. The van der Waals surface area contributed by atoms with E-state index in [-0.39, 0.29) is 12.1 Å². The highest BCUT2D eigenvalue weighted by Crippen LogP contribution is 2.40. The van der Waals surface area contributed by atoms with Crippen LogP contribution in [-0.2, 0) is 6.42 Å². The number of aryl methyl sites for hydroxylation is 1.